The molecule has 0 aliphatic rings. The van der Waals surface area contributed by atoms with Crippen LogP contribution in [0.2, 0.25) is 0 Å². The zero-order chi connectivity index (χ0) is 16.2. The Hall–Kier alpha value is -2.95. The number of hydrogen-bond donors (Lipinski definition) is 1. The largest absolute Gasteiger partial charge is 0.349 e. The second-order valence-electron chi connectivity index (χ2n) is 4.54. The second-order valence-corrected chi connectivity index (χ2v) is 5.29. The monoisotopic (exact) mass is 332 g/mol. The number of aromatic nitrogens is 7. The molecular formula is C12H12N8O2S. The van der Waals surface area contributed by atoms with Crippen molar-refractivity contribution in [2.45, 2.75) is 13.5 Å². The molecule has 3 heterocycles. The molecule has 0 aliphatic heterocycles. The first-order valence-corrected chi connectivity index (χ1v) is 7.43. The van der Waals surface area contributed by atoms with E-state index in [0.717, 1.165) is 11.5 Å². The molecule has 1 amide bonds. The summed E-state index contributed by atoms with van der Waals surface area (Å²) in [5.41, 5.74) is 0.315. The van der Waals surface area contributed by atoms with Gasteiger partial charge in [-0.15, -0.1) is 10.2 Å². The Kier molecular flexibility index (Phi) is 4.19. The molecule has 0 unspecified atom stereocenters. The first-order chi connectivity index (χ1) is 11.1. The molecule has 0 atom stereocenters. The number of carbonyl (C=O) groups excluding carboxylic acids is 1. The van der Waals surface area contributed by atoms with Crippen LogP contribution in [0.4, 0.5) is 0 Å². The Labute approximate surface area is 134 Å². The van der Waals surface area contributed by atoms with E-state index in [-0.39, 0.29) is 24.6 Å². The molecule has 0 saturated heterocycles. The minimum atomic E-state index is -0.266. The van der Waals surface area contributed by atoms with Crippen LogP contribution in [0.15, 0.2) is 29.6 Å². The highest BCUT2D eigenvalue weighted by Gasteiger charge is 2.12. The minimum Gasteiger partial charge on any atom is -0.349 e. The SMILES string of the molecule is Cc1nnsc1C(=O)NCCn1nc(-n2cncn2)ccc1=O. The summed E-state index contributed by atoms with van der Waals surface area (Å²) in [5, 5.41) is 14.6. The Morgan fingerprint density at radius 3 is 2.96 bits per heavy atom. The van der Waals surface area contributed by atoms with Gasteiger partial charge in [0.15, 0.2) is 5.82 Å². The Morgan fingerprint density at radius 2 is 2.26 bits per heavy atom. The molecule has 0 fully saturated rings. The quantitative estimate of drug-likeness (QED) is 0.663. The van der Waals surface area contributed by atoms with Crippen LogP contribution in [-0.2, 0) is 6.54 Å². The van der Waals surface area contributed by atoms with Crippen molar-refractivity contribution >= 4 is 17.4 Å². The van der Waals surface area contributed by atoms with Gasteiger partial charge in [0.05, 0.1) is 12.2 Å². The van der Waals surface area contributed by atoms with Gasteiger partial charge in [-0.25, -0.2) is 14.3 Å². The Balaban J connectivity index is 1.66. The van der Waals surface area contributed by atoms with Crippen LogP contribution in [0.25, 0.3) is 5.82 Å². The molecule has 3 rings (SSSR count). The molecule has 118 valence electrons. The molecule has 3 aromatic rings. The fourth-order valence-corrected chi connectivity index (χ4v) is 2.42. The van der Waals surface area contributed by atoms with Crippen LogP contribution >= 0.6 is 11.5 Å². The number of nitrogens with one attached hydrogen (secondary N) is 1. The summed E-state index contributed by atoms with van der Waals surface area (Å²) in [7, 11) is 0. The molecule has 0 aromatic carbocycles. The van der Waals surface area contributed by atoms with Crippen LogP contribution in [0, 0.1) is 6.92 Å². The fourth-order valence-electron chi connectivity index (χ4n) is 1.84. The van der Waals surface area contributed by atoms with Gasteiger partial charge in [-0.05, 0) is 24.5 Å². The predicted octanol–water partition coefficient (Wildman–Crippen LogP) is -0.586. The zero-order valence-electron chi connectivity index (χ0n) is 12.1. The third-order valence-electron chi connectivity index (χ3n) is 2.97. The smallest absolute Gasteiger partial charge is 0.266 e. The van der Waals surface area contributed by atoms with E-state index in [1.165, 1.54) is 28.1 Å². The molecule has 0 bridgehead atoms. The standard InChI is InChI=1S/C12H12N8O2S/c1-8-11(23-18-16-8)12(22)14-4-5-19-10(21)3-2-9(17-19)20-7-13-6-15-20/h2-3,6-7H,4-5H2,1H3,(H,14,22). The Bertz CT molecular complexity index is 869. The molecular weight excluding hydrogens is 320 g/mol. The Morgan fingerprint density at radius 1 is 1.39 bits per heavy atom. The van der Waals surface area contributed by atoms with Crippen molar-refractivity contribution < 1.29 is 4.79 Å². The molecule has 3 aromatic heterocycles. The molecule has 23 heavy (non-hydrogen) atoms. The summed E-state index contributed by atoms with van der Waals surface area (Å²) in [5.74, 6) is 0.203. The topological polar surface area (TPSA) is 120 Å². The predicted molar refractivity (Wildman–Crippen MR) is 80.4 cm³/mol. The number of nitrogens with zero attached hydrogens (tertiary/aromatic N) is 7. The number of aryl methyl sites for hydroxylation is 1. The van der Waals surface area contributed by atoms with E-state index >= 15 is 0 Å². The van der Waals surface area contributed by atoms with Gasteiger partial charge in [0, 0.05) is 12.6 Å². The summed E-state index contributed by atoms with van der Waals surface area (Å²) >= 11 is 1.03. The fraction of sp³-hybridized carbons (Fsp3) is 0.250. The van der Waals surface area contributed by atoms with Gasteiger partial charge in [0.1, 0.15) is 17.5 Å². The normalized spacial score (nSPS) is 10.7. The van der Waals surface area contributed by atoms with Crippen LogP contribution < -0.4 is 10.9 Å². The number of carbonyl (C=O) groups is 1. The third-order valence-corrected chi connectivity index (χ3v) is 3.80. The summed E-state index contributed by atoms with van der Waals surface area (Å²) in [6.07, 6.45) is 2.86. The van der Waals surface area contributed by atoms with Crippen molar-refractivity contribution in [2.75, 3.05) is 6.54 Å². The highest BCUT2D eigenvalue weighted by atomic mass is 32.1. The van der Waals surface area contributed by atoms with Gasteiger partial charge >= 0.3 is 0 Å². The van der Waals surface area contributed by atoms with E-state index in [1.807, 2.05) is 0 Å². The molecule has 11 heteroatoms. The van der Waals surface area contributed by atoms with Crippen molar-refractivity contribution in [2.24, 2.45) is 0 Å². The average molecular weight is 332 g/mol. The summed E-state index contributed by atoms with van der Waals surface area (Å²) < 4.78 is 6.42. The van der Waals surface area contributed by atoms with E-state index in [2.05, 4.69) is 30.1 Å². The molecule has 0 radical (unpaired) electrons. The summed E-state index contributed by atoms with van der Waals surface area (Å²) in [6.45, 7) is 2.20. The van der Waals surface area contributed by atoms with Gasteiger partial charge in [0.25, 0.3) is 11.5 Å². The lowest BCUT2D eigenvalue weighted by Gasteiger charge is -2.07. The van der Waals surface area contributed by atoms with Gasteiger partial charge in [-0.3, -0.25) is 9.59 Å². The zero-order valence-corrected chi connectivity index (χ0v) is 12.9. The van der Waals surface area contributed by atoms with Crippen molar-refractivity contribution in [3.8, 4) is 5.82 Å². The number of amides is 1. The maximum atomic E-state index is 11.9. The average Bonchev–Trinajstić information content (AvgIpc) is 3.20. The maximum absolute atomic E-state index is 11.9. The van der Waals surface area contributed by atoms with Crippen molar-refractivity contribution in [3.05, 3.63) is 45.7 Å². The van der Waals surface area contributed by atoms with Gasteiger partial charge in [-0.2, -0.15) is 5.10 Å². The number of hydrogen-bond acceptors (Lipinski definition) is 8. The molecule has 1 N–H and O–H groups in total. The van der Waals surface area contributed by atoms with Crippen LogP contribution in [0.1, 0.15) is 15.4 Å². The maximum Gasteiger partial charge on any atom is 0.266 e. The van der Waals surface area contributed by atoms with E-state index in [9.17, 15) is 9.59 Å². The van der Waals surface area contributed by atoms with Crippen LogP contribution in [-0.4, -0.2) is 46.6 Å². The second kappa shape index (κ2) is 6.44. The van der Waals surface area contributed by atoms with Gasteiger partial charge in [0.2, 0.25) is 0 Å². The highest BCUT2D eigenvalue weighted by molar-refractivity contribution is 7.07. The molecule has 0 spiro atoms. The third kappa shape index (κ3) is 3.29. The molecule has 0 aliphatic carbocycles. The van der Waals surface area contributed by atoms with Crippen molar-refractivity contribution in [1.29, 1.82) is 0 Å². The summed E-state index contributed by atoms with van der Waals surface area (Å²) in [4.78, 5) is 28.1. The number of rotatable bonds is 5. The lowest BCUT2D eigenvalue weighted by molar-refractivity contribution is 0.0955. The van der Waals surface area contributed by atoms with Gasteiger partial charge in [-0.1, -0.05) is 4.49 Å². The van der Waals surface area contributed by atoms with Crippen molar-refractivity contribution in [3.63, 3.8) is 0 Å². The summed E-state index contributed by atoms with van der Waals surface area (Å²) in [6, 6.07) is 2.95. The van der Waals surface area contributed by atoms with E-state index in [4.69, 9.17) is 0 Å². The molecule has 0 saturated carbocycles. The van der Waals surface area contributed by atoms with Gasteiger partial charge < -0.3 is 5.32 Å². The minimum absolute atomic E-state index is 0.235. The van der Waals surface area contributed by atoms with E-state index in [0.29, 0.717) is 16.4 Å². The van der Waals surface area contributed by atoms with E-state index < -0.39 is 0 Å². The lowest BCUT2D eigenvalue weighted by atomic mass is 10.4. The first-order valence-electron chi connectivity index (χ1n) is 6.65. The van der Waals surface area contributed by atoms with Crippen LogP contribution in [0.3, 0.4) is 0 Å². The van der Waals surface area contributed by atoms with Crippen LogP contribution in [0.5, 0.6) is 0 Å². The first kappa shape index (κ1) is 15.0. The molecule has 10 nitrogen and oxygen atoms in total. The lowest BCUT2D eigenvalue weighted by Crippen LogP contribution is -2.32. The highest BCUT2D eigenvalue weighted by Crippen LogP contribution is 2.08. The van der Waals surface area contributed by atoms with Crippen molar-refractivity contribution in [1.82, 2.24) is 39.4 Å². The van der Waals surface area contributed by atoms with E-state index in [1.54, 1.807) is 13.0 Å².